The average molecular weight is 450 g/mol. The molecule has 1 aromatic heterocycles. The number of aromatic nitrogens is 1. The number of nitrogens with zero attached hydrogens (tertiary/aromatic N) is 3. The first-order chi connectivity index (χ1) is 15.2. The molecule has 3 aromatic carbocycles. The van der Waals surface area contributed by atoms with E-state index in [0.717, 1.165) is 34.5 Å². The number of para-hydroxylation sites is 1. The van der Waals surface area contributed by atoms with Gasteiger partial charge >= 0.3 is 0 Å². The summed E-state index contributed by atoms with van der Waals surface area (Å²) in [7, 11) is 1.62. The predicted molar refractivity (Wildman–Crippen MR) is 130 cm³/mol. The van der Waals surface area contributed by atoms with Crippen molar-refractivity contribution in [3.05, 3.63) is 60.2 Å². The molecular weight excluding hydrogens is 426 g/mol. The highest BCUT2D eigenvalue weighted by atomic mass is 32.2. The van der Waals surface area contributed by atoms with Crippen LogP contribution in [0.3, 0.4) is 0 Å². The highest BCUT2D eigenvalue weighted by molar-refractivity contribution is 7.98. The maximum atomic E-state index is 13.3. The first-order valence-electron chi connectivity index (χ1n) is 10.2. The van der Waals surface area contributed by atoms with Crippen LogP contribution in [0.1, 0.15) is 10.4 Å². The van der Waals surface area contributed by atoms with Gasteiger partial charge in [0, 0.05) is 31.1 Å². The molecule has 0 N–H and O–H groups in total. The van der Waals surface area contributed by atoms with Gasteiger partial charge in [-0.2, -0.15) is 0 Å². The Balaban J connectivity index is 1.35. The quantitative estimate of drug-likeness (QED) is 0.404. The second kappa shape index (κ2) is 8.40. The number of thioether (sulfide) groups is 1. The number of anilines is 1. The zero-order chi connectivity index (χ0) is 21.4. The van der Waals surface area contributed by atoms with E-state index in [9.17, 15) is 4.79 Å². The third kappa shape index (κ3) is 3.72. The smallest absolute Gasteiger partial charge is 0.257 e. The summed E-state index contributed by atoms with van der Waals surface area (Å²) in [6, 6.07) is 18.3. The average Bonchev–Trinajstić information content (AvgIpc) is 3.27. The molecular formula is C24H23N3O2S2. The van der Waals surface area contributed by atoms with Crippen LogP contribution < -0.4 is 9.64 Å². The summed E-state index contributed by atoms with van der Waals surface area (Å²) in [6.45, 7) is 2.88. The molecule has 0 spiro atoms. The number of hydrogen-bond acceptors (Lipinski definition) is 6. The maximum Gasteiger partial charge on any atom is 0.257 e. The van der Waals surface area contributed by atoms with Gasteiger partial charge in [-0.15, -0.1) is 11.8 Å². The molecule has 0 bridgehead atoms. The van der Waals surface area contributed by atoms with Crippen LogP contribution >= 0.6 is 23.1 Å². The lowest BCUT2D eigenvalue weighted by Gasteiger charge is -2.34. The number of fused-ring (bicyclic) bond motifs is 2. The summed E-state index contributed by atoms with van der Waals surface area (Å²) in [5.74, 6) is 0.651. The summed E-state index contributed by atoms with van der Waals surface area (Å²) in [6.07, 6.45) is 2.08. The van der Waals surface area contributed by atoms with Crippen molar-refractivity contribution in [1.82, 2.24) is 9.88 Å². The Bertz CT molecular complexity index is 1260. The second-order valence-electron chi connectivity index (χ2n) is 7.48. The number of piperazine rings is 1. The molecule has 0 unspecified atom stereocenters. The Labute approximate surface area is 189 Å². The minimum absolute atomic E-state index is 0.0243. The summed E-state index contributed by atoms with van der Waals surface area (Å²) >= 11 is 3.45. The molecule has 31 heavy (non-hydrogen) atoms. The summed E-state index contributed by atoms with van der Waals surface area (Å²) in [5.41, 5.74) is 1.70. The molecule has 1 aliphatic rings. The molecule has 0 atom stereocenters. The van der Waals surface area contributed by atoms with E-state index in [1.807, 2.05) is 41.3 Å². The largest absolute Gasteiger partial charge is 0.496 e. The van der Waals surface area contributed by atoms with Crippen LogP contribution in [0.2, 0.25) is 0 Å². The Hall–Kier alpha value is -2.77. The van der Waals surface area contributed by atoms with Gasteiger partial charge in [0.25, 0.3) is 5.91 Å². The normalized spacial score (nSPS) is 14.4. The first-order valence-corrected chi connectivity index (χ1v) is 12.3. The molecule has 7 heteroatoms. The first kappa shape index (κ1) is 20.2. The van der Waals surface area contributed by atoms with Gasteiger partial charge in [-0.1, -0.05) is 41.7 Å². The van der Waals surface area contributed by atoms with E-state index in [1.165, 1.54) is 9.60 Å². The van der Waals surface area contributed by atoms with Crippen LogP contribution in [0.15, 0.2) is 59.5 Å². The third-order valence-electron chi connectivity index (χ3n) is 5.73. The van der Waals surface area contributed by atoms with Crippen molar-refractivity contribution < 1.29 is 9.53 Å². The fourth-order valence-corrected chi connectivity index (χ4v) is 5.71. The van der Waals surface area contributed by atoms with Crippen LogP contribution in [0.25, 0.3) is 21.0 Å². The fourth-order valence-electron chi connectivity index (χ4n) is 4.04. The number of methoxy groups -OCH3 is 1. The molecule has 1 saturated heterocycles. The van der Waals surface area contributed by atoms with Crippen LogP contribution in [0.5, 0.6) is 5.75 Å². The van der Waals surface area contributed by atoms with Gasteiger partial charge in [0.2, 0.25) is 0 Å². The molecule has 1 fully saturated rings. The van der Waals surface area contributed by atoms with Crippen LogP contribution in [0.4, 0.5) is 5.13 Å². The Kier molecular flexibility index (Phi) is 5.46. The molecule has 1 amide bonds. The van der Waals surface area contributed by atoms with E-state index < -0.39 is 0 Å². The molecule has 5 nitrogen and oxygen atoms in total. The van der Waals surface area contributed by atoms with Crippen molar-refractivity contribution in [3.63, 3.8) is 0 Å². The molecule has 2 heterocycles. The molecule has 0 aliphatic carbocycles. The van der Waals surface area contributed by atoms with Gasteiger partial charge in [0.1, 0.15) is 5.75 Å². The Morgan fingerprint density at radius 2 is 1.77 bits per heavy atom. The molecule has 4 aromatic rings. The third-order valence-corrected chi connectivity index (χ3v) is 7.58. The second-order valence-corrected chi connectivity index (χ2v) is 9.34. The van der Waals surface area contributed by atoms with Crippen molar-refractivity contribution in [1.29, 1.82) is 0 Å². The van der Waals surface area contributed by atoms with Crippen LogP contribution in [0, 0.1) is 0 Å². The topological polar surface area (TPSA) is 45.7 Å². The molecule has 0 radical (unpaired) electrons. The number of ether oxygens (including phenoxy) is 1. The van der Waals surface area contributed by atoms with E-state index in [2.05, 4.69) is 29.4 Å². The van der Waals surface area contributed by atoms with E-state index in [4.69, 9.17) is 9.72 Å². The molecule has 158 valence electrons. The zero-order valence-electron chi connectivity index (χ0n) is 17.5. The zero-order valence-corrected chi connectivity index (χ0v) is 19.1. The highest BCUT2D eigenvalue weighted by Crippen LogP contribution is 2.34. The molecule has 5 rings (SSSR count). The van der Waals surface area contributed by atoms with Crippen molar-refractivity contribution in [2.75, 3.05) is 44.4 Å². The Morgan fingerprint density at radius 1 is 1.03 bits per heavy atom. The standard InChI is InChI=1S/C24H23N3O2S2/c1-29-19-15-17-7-4-3-6-16(17)14-18(19)23(28)26-10-12-27(13-11-26)24-25-22-20(30-2)8-5-9-21(22)31-24/h3-9,14-15H,10-13H2,1-2H3. The predicted octanol–water partition coefficient (Wildman–Crippen LogP) is 5.14. The number of carbonyl (C=O) groups excluding carboxylic acids is 1. The lowest BCUT2D eigenvalue weighted by atomic mass is 10.0. The van der Waals surface area contributed by atoms with Crippen LogP contribution in [-0.4, -0.2) is 55.3 Å². The summed E-state index contributed by atoms with van der Waals surface area (Å²) in [4.78, 5) is 23.6. The van der Waals surface area contributed by atoms with Gasteiger partial charge < -0.3 is 14.5 Å². The lowest BCUT2D eigenvalue weighted by Crippen LogP contribution is -2.48. The lowest BCUT2D eigenvalue weighted by molar-refractivity contribution is 0.0743. The van der Waals surface area contributed by atoms with Crippen molar-refractivity contribution >= 4 is 55.1 Å². The van der Waals surface area contributed by atoms with Gasteiger partial charge in [0.05, 0.1) is 22.9 Å². The van der Waals surface area contributed by atoms with E-state index in [1.54, 1.807) is 30.2 Å². The van der Waals surface area contributed by atoms with E-state index in [0.29, 0.717) is 24.4 Å². The maximum absolute atomic E-state index is 13.3. The SMILES string of the molecule is COc1cc2ccccc2cc1C(=O)N1CCN(c2nc3c(SC)cccc3s2)CC1. The number of amides is 1. The summed E-state index contributed by atoms with van der Waals surface area (Å²) in [5, 5.41) is 3.15. The number of benzene rings is 3. The number of thiazole rings is 1. The van der Waals surface area contributed by atoms with Gasteiger partial charge in [-0.3, -0.25) is 4.79 Å². The fraction of sp³-hybridized carbons (Fsp3) is 0.250. The van der Waals surface area contributed by atoms with Crippen molar-refractivity contribution in [3.8, 4) is 5.75 Å². The minimum atomic E-state index is 0.0243. The van der Waals surface area contributed by atoms with Crippen LogP contribution in [-0.2, 0) is 0 Å². The number of hydrogen-bond donors (Lipinski definition) is 0. The molecule has 1 aliphatic heterocycles. The van der Waals surface area contributed by atoms with E-state index >= 15 is 0 Å². The minimum Gasteiger partial charge on any atom is -0.496 e. The number of rotatable bonds is 4. The summed E-state index contributed by atoms with van der Waals surface area (Å²) < 4.78 is 6.75. The van der Waals surface area contributed by atoms with Gasteiger partial charge in [-0.05, 0) is 41.3 Å². The highest BCUT2D eigenvalue weighted by Gasteiger charge is 2.26. The van der Waals surface area contributed by atoms with Crippen molar-refractivity contribution in [2.45, 2.75) is 4.90 Å². The Morgan fingerprint density at radius 3 is 2.48 bits per heavy atom. The number of carbonyl (C=O) groups is 1. The van der Waals surface area contributed by atoms with Gasteiger partial charge in [0.15, 0.2) is 5.13 Å². The van der Waals surface area contributed by atoms with Crippen molar-refractivity contribution in [2.24, 2.45) is 0 Å². The monoisotopic (exact) mass is 449 g/mol. The van der Waals surface area contributed by atoms with Gasteiger partial charge in [-0.25, -0.2) is 4.98 Å². The van der Waals surface area contributed by atoms with E-state index in [-0.39, 0.29) is 5.91 Å². The molecule has 0 saturated carbocycles.